The molecule has 0 heterocycles. The Hall–Kier alpha value is -3.76. The zero-order chi connectivity index (χ0) is 35.0. The normalized spacial score (nSPS) is 14.4. The second-order valence-electron chi connectivity index (χ2n) is 13.0. The third-order valence-corrected chi connectivity index (χ3v) is 9.04. The standard InChI is InChI=1S/C38H58N4O6/c1-31(29-43)39-26-20-12-10-8-6-4-3-5-7-9-11-19-25-35(27-33-21-15-13-16-22-33)38(40-36(45)46,28-34-23-17-14-18-24-34)42(32(2)30-44)41-37(47)48/h13-18,21-24,29-32,35,39-41H,3-12,19-20,25-28H2,1-2H3,(H,45,46)(H,47,48)/t31?,32-,35-,38?/m0/s1. The highest BCUT2D eigenvalue weighted by molar-refractivity contribution is 5.68. The lowest BCUT2D eigenvalue weighted by molar-refractivity contribution is -0.121. The number of hydrogen-bond donors (Lipinski definition) is 5. The fourth-order valence-corrected chi connectivity index (χ4v) is 6.52. The number of hydrogen-bond acceptors (Lipinski definition) is 6. The highest BCUT2D eigenvalue weighted by atomic mass is 16.4. The molecule has 0 aromatic heterocycles. The SMILES string of the molecule is CC(C=O)NCCCCCCCCCCCCCC[C@@H](Cc1ccccc1)C(Cc1ccccc1)(NC(=O)O)N(NC(=O)O)[C@@H](C)C=O. The van der Waals surface area contributed by atoms with E-state index < -0.39 is 23.9 Å². The largest absolute Gasteiger partial charge is 0.465 e. The number of unbranched alkanes of at least 4 members (excludes halogenated alkanes) is 11. The Kier molecular flexibility index (Phi) is 19.8. The van der Waals surface area contributed by atoms with Crippen molar-refractivity contribution >= 4 is 24.8 Å². The van der Waals surface area contributed by atoms with Crippen molar-refractivity contribution in [2.45, 2.75) is 128 Å². The van der Waals surface area contributed by atoms with Gasteiger partial charge in [-0.25, -0.2) is 9.59 Å². The summed E-state index contributed by atoms with van der Waals surface area (Å²) in [6.07, 6.45) is 13.9. The summed E-state index contributed by atoms with van der Waals surface area (Å²) in [5.74, 6) is -0.366. The van der Waals surface area contributed by atoms with Crippen LogP contribution < -0.4 is 16.1 Å². The highest BCUT2D eigenvalue weighted by Crippen LogP contribution is 2.34. The van der Waals surface area contributed by atoms with Crippen LogP contribution in [-0.2, 0) is 22.4 Å². The molecular formula is C38H58N4O6. The summed E-state index contributed by atoms with van der Waals surface area (Å²) in [5, 5.41) is 27.2. The molecule has 10 heteroatoms. The van der Waals surface area contributed by atoms with E-state index in [9.17, 15) is 29.4 Å². The zero-order valence-electron chi connectivity index (χ0n) is 28.9. The number of carbonyl (C=O) groups is 4. The van der Waals surface area contributed by atoms with E-state index in [1.807, 2.05) is 67.6 Å². The van der Waals surface area contributed by atoms with Gasteiger partial charge < -0.3 is 30.4 Å². The molecule has 0 saturated heterocycles. The Labute approximate surface area is 287 Å². The average Bonchev–Trinajstić information content (AvgIpc) is 3.08. The van der Waals surface area contributed by atoms with Crippen LogP contribution in [0.1, 0.15) is 108 Å². The summed E-state index contributed by atoms with van der Waals surface area (Å²) in [5.41, 5.74) is 2.77. The van der Waals surface area contributed by atoms with E-state index in [1.54, 1.807) is 6.92 Å². The van der Waals surface area contributed by atoms with Crippen LogP contribution in [0.5, 0.6) is 0 Å². The maximum atomic E-state index is 12.5. The first-order valence-electron chi connectivity index (χ1n) is 17.7. The van der Waals surface area contributed by atoms with E-state index in [1.165, 1.54) is 50.0 Å². The molecule has 48 heavy (non-hydrogen) atoms. The molecule has 0 saturated carbocycles. The lowest BCUT2D eigenvalue weighted by Crippen LogP contribution is -2.72. The van der Waals surface area contributed by atoms with E-state index in [-0.39, 0.29) is 18.4 Å². The van der Waals surface area contributed by atoms with Gasteiger partial charge in [0.1, 0.15) is 18.2 Å². The van der Waals surface area contributed by atoms with Crippen molar-refractivity contribution in [2.24, 2.45) is 5.92 Å². The van der Waals surface area contributed by atoms with Crippen LogP contribution in [0.2, 0.25) is 0 Å². The van der Waals surface area contributed by atoms with Gasteiger partial charge in [0.2, 0.25) is 0 Å². The summed E-state index contributed by atoms with van der Waals surface area (Å²) >= 11 is 0. The molecule has 2 rings (SSSR count). The van der Waals surface area contributed by atoms with Crippen LogP contribution in [0, 0.1) is 5.92 Å². The van der Waals surface area contributed by atoms with Gasteiger partial charge in [-0.15, -0.1) is 0 Å². The fourth-order valence-electron chi connectivity index (χ4n) is 6.52. The average molecular weight is 667 g/mol. The Morgan fingerprint density at radius 2 is 1.21 bits per heavy atom. The van der Waals surface area contributed by atoms with Crippen LogP contribution in [0.15, 0.2) is 60.7 Å². The summed E-state index contributed by atoms with van der Waals surface area (Å²) in [4.78, 5) is 47.4. The van der Waals surface area contributed by atoms with Gasteiger partial charge in [-0.05, 0) is 50.8 Å². The number of amides is 2. The van der Waals surface area contributed by atoms with Gasteiger partial charge in [0.25, 0.3) is 0 Å². The molecule has 2 aromatic rings. The Bertz CT molecular complexity index is 1180. The van der Waals surface area contributed by atoms with Gasteiger partial charge in [0.05, 0.1) is 12.1 Å². The number of benzene rings is 2. The first-order valence-corrected chi connectivity index (χ1v) is 17.7. The Morgan fingerprint density at radius 1 is 0.708 bits per heavy atom. The molecule has 266 valence electrons. The maximum Gasteiger partial charge on any atom is 0.419 e. The summed E-state index contributed by atoms with van der Waals surface area (Å²) < 4.78 is 0. The van der Waals surface area contributed by atoms with Gasteiger partial charge in [-0.3, -0.25) is 5.43 Å². The minimum atomic E-state index is -1.45. The number of rotatable bonds is 27. The molecule has 0 radical (unpaired) electrons. The second kappa shape index (κ2) is 23.5. The van der Waals surface area contributed by atoms with Crippen molar-refractivity contribution in [2.75, 3.05) is 6.54 Å². The quantitative estimate of drug-likeness (QED) is 0.0287. The van der Waals surface area contributed by atoms with Crippen molar-refractivity contribution in [1.29, 1.82) is 0 Å². The van der Waals surface area contributed by atoms with Crippen molar-refractivity contribution in [3.8, 4) is 0 Å². The molecule has 0 bridgehead atoms. The third kappa shape index (κ3) is 15.4. The molecule has 0 aliphatic heterocycles. The summed E-state index contributed by atoms with van der Waals surface area (Å²) in [6.45, 7) is 4.34. The van der Waals surface area contributed by atoms with Crippen molar-refractivity contribution in [3.63, 3.8) is 0 Å². The lowest BCUT2D eigenvalue weighted by Gasteiger charge is -2.49. The Morgan fingerprint density at radius 3 is 1.69 bits per heavy atom. The second-order valence-corrected chi connectivity index (χ2v) is 13.0. The molecule has 0 aliphatic rings. The van der Waals surface area contributed by atoms with E-state index in [4.69, 9.17) is 0 Å². The maximum absolute atomic E-state index is 12.5. The number of nitrogens with zero attached hydrogens (tertiary/aromatic N) is 1. The number of hydrazine groups is 1. The monoisotopic (exact) mass is 666 g/mol. The first-order chi connectivity index (χ1) is 23.2. The van der Waals surface area contributed by atoms with Crippen LogP contribution in [-0.4, -0.2) is 64.3 Å². The van der Waals surface area contributed by atoms with E-state index >= 15 is 0 Å². The van der Waals surface area contributed by atoms with E-state index in [0.29, 0.717) is 19.1 Å². The van der Waals surface area contributed by atoms with E-state index in [2.05, 4.69) is 16.1 Å². The van der Waals surface area contributed by atoms with E-state index in [0.717, 1.165) is 56.1 Å². The van der Waals surface area contributed by atoms with Crippen molar-refractivity contribution in [1.82, 2.24) is 21.1 Å². The van der Waals surface area contributed by atoms with Gasteiger partial charge in [0.15, 0.2) is 0 Å². The molecule has 0 aliphatic carbocycles. The van der Waals surface area contributed by atoms with Gasteiger partial charge in [0, 0.05) is 12.3 Å². The smallest absolute Gasteiger partial charge is 0.419 e. The molecule has 2 amide bonds. The minimum absolute atomic E-state index is 0.0634. The van der Waals surface area contributed by atoms with Gasteiger partial charge >= 0.3 is 12.2 Å². The van der Waals surface area contributed by atoms with Crippen LogP contribution in [0.25, 0.3) is 0 Å². The Balaban J connectivity index is 2.06. The molecule has 0 fully saturated rings. The predicted molar refractivity (Wildman–Crippen MR) is 190 cm³/mol. The predicted octanol–water partition coefficient (Wildman–Crippen LogP) is 7.37. The lowest BCUT2D eigenvalue weighted by atomic mass is 9.78. The van der Waals surface area contributed by atoms with Crippen LogP contribution in [0.4, 0.5) is 9.59 Å². The van der Waals surface area contributed by atoms with Gasteiger partial charge in [-0.2, -0.15) is 5.01 Å². The van der Waals surface area contributed by atoms with Crippen LogP contribution in [0.3, 0.4) is 0 Å². The van der Waals surface area contributed by atoms with Crippen LogP contribution >= 0.6 is 0 Å². The highest BCUT2D eigenvalue weighted by Gasteiger charge is 2.48. The number of carboxylic acid groups (broad SMARTS) is 2. The molecular weight excluding hydrogens is 608 g/mol. The number of nitrogens with one attached hydrogen (secondary N) is 3. The third-order valence-electron chi connectivity index (χ3n) is 9.04. The fraction of sp³-hybridized carbons (Fsp3) is 0.579. The minimum Gasteiger partial charge on any atom is -0.465 e. The number of carbonyl (C=O) groups excluding carboxylic acids is 2. The van der Waals surface area contributed by atoms with Crippen molar-refractivity contribution < 1.29 is 29.4 Å². The topological polar surface area (TPSA) is 148 Å². The molecule has 4 atom stereocenters. The van der Waals surface area contributed by atoms with Crippen molar-refractivity contribution in [3.05, 3.63) is 71.8 Å². The zero-order valence-corrected chi connectivity index (χ0v) is 28.9. The summed E-state index contributed by atoms with van der Waals surface area (Å²) in [6, 6.07) is 18.2. The number of aldehydes is 2. The molecule has 5 N–H and O–H groups in total. The molecule has 0 spiro atoms. The first kappa shape index (κ1) is 40.4. The summed E-state index contributed by atoms with van der Waals surface area (Å²) in [7, 11) is 0. The molecule has 2 unspecified atom stereocenters. The molecule has 2 aromatic carbocycles. The van der Waals surface area contributed by atoms with Gasteiger partial charge in [-0.1, -0.05) is 131 Å². The molecule has 10 nitrogen and oxygen atoms in total.